The van der Waals surface area contributed by atoms with Gasteiger partial charge >= 0.3 is 0 Å². The molecule has 1 aromatic carbocycles. The highest BCUT2D eigenvalue weighted by atomic mass is 35.5. The van der Waals surface area contributed by atoms with Gasteiger partial charge in [0.25, 0.3) is 0 Å². The monoisotopic (exact) mass is 481 g/mol. The van der Waals surface area contributed by atoms with Crippen LogP contribution >= 0.6 is 11.6 Å². The second-order valence-corrected chi connectivity index (χ2v) is 11.1. The molecule has 3 heterocycles. The zero-order valence-electron chi connectivity index (χ0n) is 20.9. The van der Waals surface area contributed by atoms with E-state index in [0.29, 0.717) is 61.1 Å². The lowest BCUT2D eigenvalue weighted by atomic mass is 9.73. The van der Waals surface area contributed by atoms with E-state index in [1.54, 1.807) is 18.2 Å². The number of hydrogen-bond acceptors (Lipinski definition) is 7. The fraction of sp³-hybridized carbons (Fsp3) is 0.500. The average molecular weight is 482 g/mol. The quantitative estimate of drug-likeness (QED) is 0.626. The van der Waals surface area contributed by atoms with E-state index in [2.05, 4.69) is 14.9 Å². The number of piperidine rings is 1. The maximum Gasteiger partial charge on any atom is 0.237 e. The second-order valence-electron chi connectivity index (χ2n) is 8.32. The number of nitrogens with zero attached hydrogens (tertiary/aromatic N) is 4. The van der Waals surface area contributed by atoms with Gasteiger partial charge in [0, 0.05) is 34.6 Å². The molecular weight excluding hydrogens is 452 g/mol. The number of ether oxygens (including phenoxy) is 1. The lowest BCUT2D eigenvalue weighted by molar-refractivity contribution is -0.124. The first-order valence-corrected chi connectivity index (χ1v) is 12.7. The maximum absolute atomic E-state index is 13.4. The predicted octanol–water partition coefficient (Wildman–Crippen LogP) is 2.62. The molecule has 2 aromatic rings. The molecule has 1 unspecified atom stereocenters. The Hall–Kier alpha value is -2.23. The largest absolute Gasteiger partial charge is 0.489 e. The Bertz CT molecular complexity index is 1220. The van der Waals surface area contributed by atoms with Gasteiger partial charge in [-0.05, 0) is 56.6 Å². The molecule has 2 aliphatic heterocycles. The number of likely N-dealkylation sites (tertiary alicyclic amines) is 1. The summed E-state index contributed by atoms with van der Waals surface area (Å²) in [6.45, 7) is 1.11. The summed E-state index contributed by atoms with van der Waals surface area (Å²) in [5.74, 6) is 0.255. The minimum Gasteiger partial charge on any atom is -0.489 e. The van der Waals surface area contributed by atoms with Crippen molar-refractivity contribution in [1.29, 1.82) is 0 Å². The van der Waals surface area contributed by atoms with Crippen LogP contribution in [0, 0.1) is 0 Å². The third kappa shape index (κ3) is 4.21. The van der Waals surface area contributed by atoms with E-state index in [0.717, 1.165) is 11.2 Å². The van der Waals surface area contributed by atoms with Crippen LogP contribution in [0.2, 0.25) is 5.02 Å². The van der Waals surface area contributed by atoms with E-state index in [1.165, 1.54) is 19.3 Å². The zero-order valence-corrected chi connectivity index (χ0v) is 19.5. The van der Waals surface area contributed by atoms with E-state index in [4.69, 9.17) is 20.5 Å². The second kappa shape index (κ2) is 8.61. The molecule has 0 aliphatic carbocycles. The molecule has 10 heteroatoms. The normalized spacial score (nSPS) is 21.0. The van der Waals surface area contributed by atoms with Crippen LogP contribution in [0.25, 0.3) is 0 Å². The van der Waals surface area contributed by atoms with Crippen LogP contribution in [0.1, 0.15) is 40.5 Å². The molecule has 8 nitrogen and oxygen atoms in total. The van der Waals surface area contributed by atoms with Gasteiger partial charge in [-0.1, -0.05) is 11.6 Å². The SMILES string of the molecule is [2H]C([2H])([2H])N1C(=O)C2(CCN(CCOc3cnc(C(C)S(C)(=O)=O)nc3)CC2)c2cc(Cl)ccc21. The van der Waals surface area contributed by atoms with Gasteiger partial charge in [-0.2, -0.15) is 0 Å². The van der Waals surface area contributed by atoms with Crippen molar-refractivity contribution in [3.05, 3.63) is 47.0 Å². The molecule has 0 N–H and O–H groups in total. The summed E-state index contributed by atoms with van der Waals surface area (Å²) < 4.78 is 52.6. The van der Waals surface area contributed by atoms with Crippen LogP contribution in [0.3, 0.4) is 0 Å². The van der Waals surface area contributed by atoms with Crippen LogP contribution < -0.4 is 9.64 Å². The number of fused-ring (bicyclic) bond motifs is 2. The van der Waals surface area contributed by atoms with Gasteiger partial charge in [-0.3, -0.25) is 9.69 Å². The average Bonchev–Trinajstić information content (AvgIpc) is 3.02. The Morgan fingerprint density at radius 2 is 1.97 bits per heavy atom. The summed E-state index contributed by atoms with van der Waals surface area (Å²) in [6.07, 6.45) is 5.01. The fourth-order valence-electron chi connectivity index (χ4n) is 4.26. The number of aromatic nitrogens is 2. The van der Waals surface area contributed by atoms with Crippen molar-refractivity contribution in [2.24, 2.45) is 0 Å². The van der Waals surface area contributed by atoms with Crippen LogP contribution in [-0.2, 0) is 20.0 Å². The summed E-state index contributed by atoms with van der Waals surface area (Å²) in [6, 6.07) is 4.94. The Labute approximate surface area is 197 Å². The molecule has 0 saturated carbocycles. The van der Waals surface area contributed by atoms with Crippen molar-refractivity contribution in [3.63, 3.8) is 0 Å². The number of likely N-dealkylation sites (N-methyl/N-ethyl adjacent to an activating group) is 1. The number of amides is 1. The first-order valence-electron chi connectivity index (χ1n) is 11.8. The first-order chi connectivity index (χ1) is 16.3. The van der Waals surface area contributed by atoms with E-state index >= 15 is 0 Å². The smallest absolute Gasteiger partial charge is 0.237 e. The molecule has 1 saturated heterocycles. The molecule has 0 radical (unpaired) electrons. The van der Waals surface area contributed by atoms with E-state index in [9.17, 15) is 13.2 Å². The lowest BCUT2D eigenvalue weighted by Crippen LogP contribution is -2.48. The molecule has 1 fully saturated rings. The third-order valence-electron chi connectivity index (χ3n) is 6.37. The molecule has 2 aliphatic rings. The molecule has 4 rings (SSSR count). The number of sulfone groups is 1. The van der Waals surface area contributed by atoms with Gasteiger partial charge in [0.1, 0.15) is 17.7 Å². The minimum atomic E-state index is -3.28. The van der Waals surface area contributed by atoms with Crippen LogP contribution in [0.15, 0.2) is 30.6 Å². The molecule has 32 heavy (non-hydrogen) atoms. The molecular formula is C22H27ClN4O4S. The molecule has 1 amide bonds. The highest BCUT2D eigenvalue weighted by Crippen LogP contribution is 2.48. The lowest BCUT2D eigenvalue weighted by Gasteiger charge is -2.38. The van der Waals surface area contributed by atoms with Crippen LogP contribution in [0.4, 0.5) is 5.69 Å². The van der Waals surface area contributed by atoms with Gasteiger partial charge in [-0.15, -0.1) is 0 Å². The molecule has 1 aromatic heterocycles. The summed E-state index contributed by atoms with van der Waals surface area (Å²) in [7, 11) is -3.28. The van der Waals surface area contributed by atoms with Crippen molar-refractivity contribution >= 4 is 33.0 Å². The highest BCUT2D eigenvalue weighted by molar-refractivity contribution is 7.90. The predicted molar refractivity (Wildman–Crippen MR) is 123 cm³/mol. The van der Waals surface area contributed by atoms with Crippen molar-refractivity contribution in [2.75, 3.05) is 44.4 Å². The molecule has 1 atom stereocenters. The number of benzene rings is 1. The molecule has 172 valence electrons. The topological polar surface area (TPSA) is 92.7 Å². The number of anilines is 1. The van der Waals surface area contributed by atoms with Gasteiger partial charge in [0.2, 0.25) is 5.91 Å². The number of rotatable bonds is 6. The highest BCUT2D eigenvalue weighted by Gasteiger charge is 2.50. The van der Waals surface area contributed by atoms with Gasteiger partial charge in [0.05, 0.1) is 17.8 Å². The first kappa shape index (κ1) is 19.3. The number of hydrogen-bond donors (Lipinski definition) is 0. The Kier molecular flexibility index (Phi) is 5.18. The minimum absolute atomic E-state index is 0.217. The fourth-order valence-corrected chi connectivity index (χ4v) is 4.94. The van der Waals surface area contributed by atoms with E-state index in [1.807, 2.05) is 0 Å². The van der Waals surface area contributed by atoms with E-state index in [-0.39, 0.29) is 5.82 Å². The van der Waals surface area contributed by atoms with Crippen molar-refractivity contribution < 1.29 is 22.1 Å². The molecule has 0 bridgehead atoms. The maximum atomic E-state index is 13.4. The van der Waals surface area contributed by atoms with Gasteiger partial charge in [-0.25, -0.2) is 18.4 Å². The van der Waals surface area contributed by atoms with Crippen molar-refractivity contribution in [3.8, 4) is 5.75 Å². The summed E-state index contributed by atoms with van der Waals surface area (Å²) in [5, 5.41) is -0.324. The van der Waals surface area contributed by atoms with Crippen molar-refractivity contribution in [2.45, 2.75) is 30.4 Å². The number of carbonyl (C=O) groups is 1. The van der Waals surface area contributed by atoms with Gasteiger partial charge in [0.15, 0.2) is 15.6 Å². The Morgan fingerprint density at radius 3 is 2.59 bits per heavy atom. The number of halogens is 1. The Balaban J connectivity index is 1.37. The zero-order chi connectivity index (χ0) is 25.6. The van der Waals surface area contributed by atoms with Gasteiger partial charge < -0.3 is 9.64 Å². The van der Waals surface area contributed by atoms with E-state index < -0.39 is 33.4 Å². The standard InChI is InChI=1S/C22H27ClN4O4S/c1-15(32(3,29)30)20-24-13-17(14-25-20)31-11-10-27-8-6-22(7-9-27)18-12-16(23)4-5-19(18)26(2)21(22)28/h4-5,12-15H,6-11H2,1-3H3/i2D3. The Morgan fingerprint density at radius 1 is 1.28 bits per heavy atom. The third-order valence-corrected chi connectivity index (χ3v) is 8.10. The summed E-state index contributed by atoms with van der Waals surface area (Å²) in [4.78, 5) is 24.6. The number of carbonyl (C=O) groups excluding carboxylic acids is 1. The molecule has 1 spiro atoms. The summed E-state index contributed by atoms with van der Waals surface area (Å²) >= 11 is 6.20. The van der Waals surface area contributed by atoms with Crippen molar-refractivity contribution in [1.82, 2.24) is 14.9 Å². The van der Waals surface area contributed by atoms with Crippen LogP contribution in [0.5, 0.6) is 5.75 Å². The van der Waals surface area contributed by atoms with Crippen LogP contribution in [-0.4, -0.2) is 68.7 Å². The summed E-state index contributed by atoms with van der Waals surface area (Å²) in [5.41, 5.74) is 0.193.